The smallest absolute Gasteiger partial charge is 0.255 e. The number of halogens is 1. The quantitative estimate of drug-likeness (QED) is 0.685. The summed E-state index contributed by atoms with van der Waals surface area (Å²) in [6.07, 6.45) is 0.908. The Balaban J connectivity index is 2.31. The predicted octanol–water partition coefficient (Wildman–Crippen LogP) is 0.509. The van der Waals surface area contributed by atoms with Crippen molar-refractivity contribution in [1.82, 2.24) is 9.97 Å². The molecule has 0 bridgehead atoms. The van der Waals surface area contributed by atoms with Crippen LogP contribution in [0.4, 0.5) is 11.5 Å². The number of fused-ring (bicyclic) bond motifs is 1. The molecular formula is C8H9ClN4O2. The van der Waals surface area contributed by atoms with Gasteiger partial charge in [0.1, 0.15) is 5.69 Å². The zero-order valence-electron chi connectivity index (χ0n) is 7.95. The van der Waals surface area contributed by atoms with Gasteiger partial charge in [-0.2, -0.15) is 4.98 Å². The number of rotatable bonds is 1. The molecule has 1 aliphatic heterocycles. The first-order chi connectivity index (χ1) is 7.20. The lowest BCUT2D eigenvalue weighted by Gasteiger charge is -2.09. The van der Waals surface area contributed by atoms with Gasteiger partial charge in [0.05, 0.1) is 12.7 Å². The normalized spacial score (nSPS) is 19.9. The number of nitrogens with one attached hydrogen (secondary N) is 2. The molecule has 80 valence electrons. The van der Waals surface area contributed by atoms with Crippen molar-refractivity contribution in [3.8, 4) is 0 Å². The molecule has 0 radical (unpaired) electrons. The van der Waals surface area contributed by atoms with Gasteiger partial charge in [-0.05, 0) is 11.6 Å². The average molecular weight is 229 g/mol. The molecule has 0 saturated heterocycles. The van der Waals surface area contributed by atoms with Gasteiger partial charge < -0.3 is 15.4 Å². The number of hydrogen-bond donors (Lipinski definition) is 2. The van der Waals surface area contributed by atoms with E-state index in [2.05, 4.69) is 20.6 Å². The first-order valence-electron chi connectivity index (χ1n) is 4.31. The summed E-state index contributed by atoms with van der Waals surface area (Å²) in [5, 5.41) is 5.72. The standard InChI is InChI=1S/C8H9ClN4O2/c1-15-5-3-10-6-4(12-7(5)14)2-11-8(9)13-6/h2,5H,3H2,1H3,(H,12,14)(H,10,11,13). The topological polar surface area (TPSA) is 76.1 Å². The molecule has 1 aromatic rings. The third-order valence-corrected chi connectivity index (χ3v) is 2.23. The van der Waals surface area contributed by atoms with Gasteiger partial charge in [0, 0.05) is 7.11 Å². The van der Waals surface area contributed by atoms with E-state index >= 15 is 0 Å². The SMILES string of the molecule is COC1CNc2nc(Cl)ncc2NC1=O. The fourth-order valence-corrected chi connectivity index (χ4v) is 1.41. The van der Waals surface area contributed by atoms with Crippen molar-refractivity contribution in [3.63, 3.8) is 0 Å². The Bertz CT molecular complexity index is 398. The van der Waals surface area contributed by atoms with Crippen LogP contribution in [0.3, 0.4) is 0 Å². The van der Waals surface area contributed by atoms with Crippen LogP contribution in [-0.4, -0.2) is 35.6 Å². The Hall–Kier alpha value is -1.40. The van der Waals surface area contributed by atoms with Gasteiger partial charge in [0.15, 0.2) is 11.9 Å². The summed E-state index contributed by atoms with van der Waals surface area (Å²) in [4.78, 5) is 19.3. The molecule has 1 aliphatic rings. The lowest BCUT2D eigenvalue weighted by Crippen LogP contribution is -2.32. The van der Waals surface area contributed by atoms with Gasteiger partial charge in [-0.25, -0.2) is 4.98 Å². The summed E-state index contributed by atoms with van der Waals surface area (Å²) in [5.74, 6) is 0.276. The molecule has 0 fully saturated rings. The van der Waals surface area contributed by atoms with Crippen molar-refractivity contribution in [2.24, 2.45) is 0 Å². The molecule has 0 aliphatic carbocycles. The number of carbonyl (C=O) groups is 1. The van der Waals surface area contributed by atoms with Crippen LogP contribution in [0.15, 0.2) is 6.20 Å². The molecule has 1 atom stereocenters. The van der Waals surface area contributed by atoms with Crippen molar-refractivity contribution in [2.45, 2.75) is 6.10 Å². The fraction of sp³-hybridized carbons (Fsp3) is 0.375. The molecule has 1 unspecified atom stereocenters. The summed E-state index contributed by atoms with van der Waals surface area (Å²) in [7, 11) is 1.47. The van der Waals surface area contributed by atoms with Crippen LogP contribution in [0.1, 0.15) is 0 Å². The molecule has 0 saturated carbocycles. The van der Waals surface area contributed by atoms with Crippen molar-refractivity contribution in [1.29, 1.82) is 0 Å². The van der Waals surface area contributed by atoms with Crippen LogP contribution >= 0.6 is 11.6 Å². The molecule has 2 N–H and O–H groups in total. The Morgan fingerprint density at radius 3 is 3.20 bits per heavy atom. The van der Waals surface area contributed by atoms with E-state index in [1.165, 1.54) is 13.3 Å². The van der Waals surface area contributed by atoms with Gasteiger partial charge in [-0.3, -0.25) is 4.79 Å². The molecule has 7 heteroatoms. The number of nitrogens with zero attached hydrogens (tertiary/aromatic N) is 2. The second-order valence-corrected chi connectivity index (χ2v) is 3.33. The molecule has 0 aromatic carbocycles. The molecule has 1 aromatic heterocycles. The molecular weight excluding hydrogens is 220 g/mol. The van der Waals surface area contributed by atoms with E-state index in [0.717, 1.165) is 0 Å². The van der Waals surface area contributed by atoms with Gasteiger partial charge >= 0.3 is 0 Å². The second kappa shape index (κ2) is 4.00. The molecule has 6 nitrogen and oxygen atoms in total. The van der Waals surface area contributed by atoms with Crippen molar-refractivity contribution < 1.29 is 9.53 Å². The van der Waals surface area contributed by atoms with Gasteiger partial charge in [0.25, 0.3) is 5.91 Å². The molecule has 2 rings (SSSR count). The summed E-state index contributed by atoms with van der Waals surface area (Å²) in [5.41, 5.74) is 0.504. The summed E-state index contributed by atoms with van der Waals surface area (Å²) in [6, 6.07) is 0. The Morgan fingerprint density at radius 1 is 1.67 bits per heavy atom. The summed E-state index contributed by atoms with van der Waals surface area (Å²) in [6.45, 7) is 0.350. The lowest BCUT2D eigenvalue weighted by molar-refractivity contribution is -0.124. The highest BCUT2D eigenvalue weighted by atomic mass is 35.5. The molecule has 15 heavy (non-hydrogen) atoms. The van der Waals surface area contributed by atoms with E-state index in [0.29, 0.717) is 18.1 Å². The van der Waals surface area contributed by atoms with Gasteiger partial charge in [0.2, 0.25) is 5.28 Å². The van der Waals surface area contributed by atoms with Crippen molar-refractivity contribution >= 4 is 29.0 Å². The molecule has 1 amide bonds. The van der Waals surface area contributed by atoms with Crippen molar-refractivity contribution in [3.05, 3.63) is 11.5 Å². The number of methoxy groups -OCH3 is 1. The van der Waals surface area contributed by atoms with Crippen LogP contribution in [0, 0.1) is 0 Å². The van der Waals surface area contributed by atoms with Gasteiger partial charge in [-0.15, -0.1) is 0 Å². The van der Waals surface area contributed by atoms with Crippen LogP contribution in [0.5, 0.6) is 0 Å². The third kappa shape index (κ3) is 2.00. The zero-order valence-corrected chi connectivity index (χ0v) is 8.71. The first kappa shape index (κ1) is 10.1. The maximum Gasteiger partial charge on any atom is 0.255 e. The van der Waals surface area contributed by atoms with E-state index in [-0.39, 0.29) is 11.2 Å². The average Bonchev–Trinajstić information content (AvgIpc) is 2.36. The maximum atomic E-state index is 11.5. The van der Waals surface area contributed by atoms with Crippen LogP contribution < -0.4 is 10.6 Å². The van der Waals surface area contributed by atoms with E-state index in [9.17, 15) is 4.79 Å². The Kier molecular flexibility index (Phi) is 2.70. The monoisotopic (exact) mass is 228 g/mol. The first-order valence-corrected chi connectivity index (χ1v) is 4.68. The number of anilines is 2. The highest BCUT2D eigenvalue weighted by Gasteiger charge is 2.23. The number of aromatic nitrogens is 2. The maximum absolute atomic E-state index is 11.5. The Morgan fingerprint density at radius 2 is 2.47 bits per heavy atom. The summed E-state index contributed by atoms with van der Waals surface area (Å²) >= 11 is 5.63. The van der Waals surface area contributed by atoms with E-state index in [4.69, 9.17) is 16.3 Å². The largest absolute Gasteiger partial charge is 0.370 e. The van der Waals surface area contributed by atoms with E-state index < -0.39 is 6.10 Å². The summed E-state index contributed by atoms with van der Waals surface area (Å²) < 4.78 is 4.99. The highest BCUT2D eigenvalue weighted by molar-refractivity contribution is 6.28. The number of hydrogen-bond acceptors (Lipinski definition) is 5. The highest BCUT2D eigenvalue weighted by Crippen LogP contribution is 2.22. The minimum absolute atomic E-state index is 0.131. The molecule has 2 heterocycles. The van der Waals surface area contributed by atoms with Crippen LogP contribution in [0.2, 0.25) is 5.28 Å². The predicted molar refractivity (Wildman–Crippen MR) is 55.0 cm³/mol. The number of amides is 1. The third-order valence-electron chi connectivity index (χ3n) is 2.05. The lowest BCUT2D eigenvalue weighted by atomic mass is 10.3. The molecule has 0 spiro atoms. The zero-order chi connectivity index (χ0) is 10.8. The van der Waals surface area contributed by atoms with Crippen molar-refractivity contribution in [2.75, 3.05) is 24.3 Å². The van der Waals surface area contributed by atoms with E-state index in [1.807, 2.05) is 0 Å². The number of ether oxygens (including phenoxy) is 1. The minimum Gasteiger partial charge on any atom is -0.370 e. The Labute approximate surface area is 91.0 Å². The van der Waals surface area contributed by atoms with E-state index in [1.54, 1.807) is 0 Å². The number of carbonyl (C=O) groups excluding carboxylic acids is 1. The van der Waals surface area contributed by atoms with Gasteiger partial charge in [-0.1, -0.05) is 0 Å². The van der Waals surface area contributed by atoms with Crippen LogP contribution in [0.25, 0.3) is 0 Å². The minimum atomic E-state index is -0.544. The van der Waals surface area contributed by atoms with Crippen LogP contribution in [-0.2, 0) is 9.53 Å². The fourth-order valence-electron chi connectivity index (χ4n) is 1.27. The second-order valence-electron chi connectivity index (χ2n) is 3.00.